The van der Waals surface area contributed by atoms with Crippen molar-refractivity contribution >= 4 is 114 Å². The Balaban J connectivity index is 1.11. The summed E-state index contributed by atoms with van der Waals surface area (Å²) in [4.78, 5) is 12.6. The molecule has 4 nitrogen and oxygen atoms in total. The Morgan fingerprint density at radius 3 is 1.64 bits per heavy atom. The van der Waals surface area contributed by atoms with E-state index in [1.165, 1.54) is 70.6 Å². The predicted molar refractivity (Wildman–Crippen MR) is 250 cm³/mol. The monoisotopic (exact) mass is 764 g/mol. The molecule has 0 N–H and O–H groups in total. The number of rotatable bonds is 3. The highest BCUT2D eigenvalue weighted by Crippen LogP contribution is 2.36. The fourth-order valence-electron chi connectivity index (χ4n) is 11.2. The topological polar surface area (TPSA) is 34.0 Å². The van der Waals surface area contributed by atoms with Crippen LogP contribution in [-0.2, 0) is 0 Å². The maximum atomic E-state index is 5.27. The molecule has 0 amide bonds. The number of pyridine rings is 2. The molecule has 3 aromatic heterocycles. The van der Waals surface area contributed by atoms with E-state index in [1.807, 2.05) is 12.3 Å². The summed E-state index contributed by atoms with van der Waals surface area (Å²) in [5.74, 6) is 0. The molecule has 0 unspecified atom stereocenters. The van der Waals surface area contributed by atoms with E-state index in [0.717, 1.165) is 27.8 Å². The minimum Gasteiger partial charge on any atom is -0.312 e. The largest absolute Gasteiger partial charge is 0.312 e. The van der Waals surface area contributed by atoms with Crippen molar-refractivity contribution in [2.24, 2.45) is 0 Å². The lowest BCUT2D eigenvalue weighted by atomic mass is 9.34. The van der Waals surface area contributed by atoms with E-state index in [4.69, 9.17) is 9.97 Å². The first-order chi connectivity index (χ1) is 29.3. The number of nitrogens with zero attached hydrogens (tertiary/aromatic N) is 4. The first kappa shape index (κ1) is 32.8. The molecule has 0 saturated heterocycles. The molecular weight excluding hydrogens is 730 g/mol. The average molecular weight is 765 g/mol. The van der Waals surface area contributed by atoms with Gasteiger partial charge in [0.2, 0.25) is 13.4 Å². The lowest BCUT2D eigenvalue weighted by molar-refractivity contribution is 1.17. The summed E-state index contributed by atoms with van der Waals surface area (Å²) < 4.78 is 2.33. The third-order valence-corrected chi connectivity index (χ3v) is 18.3. The van der Waals surface area contributed by atoms with Gasteiger partial charge in [0.25, 0.3) is 0 Å². The third kappa shape index (κ3) is 4.35. The van der Waals surface area contributed by atoms with Crippen LogP contribution in [0.25, 0.3) is 27.8 Å². The molecule has 0 radical (unpaired) electrons. The Kier molecular flexibility index (Phi) is 6.90. The zero-order chi connectivity index (χ0) is 38.7. The van der Waals surface area contributed by atoms with E-state index in [-0.39, 0.29) is 13.4 Å². The van der Waals surface area contributed by atoms with Crippen LogP contribution in [0.2, 0.25) is 0 Å². The number of hydrogen-bond acceptors (Lipinski definition) is 3. The molecule has 0 saturated carbocycles. The molecule has 0 bridgehead atoms. The van der Waals surface area contributed by atoms with Crippen LogP contribution in [0.3, 0.4) is 0 Å². The Labute approximate surface area is 344 Å². The second-order valence-corrected chi connectivity index (χ2v) is 19.7. The van der Waals surface area contributed by atoms with Gasteiger partial charge in [0.1, 0.15) is 11.0 Å². The van der Waals surface area contributed by atoms with E-state index < -0.39 is 8.07 Å². The van der Waals surface area contributed by atoms with Gasteiger partial charge in [0, 0.05) is 35.1 Å². The van der Waals surface area contributed by atoms with Gasteiger partial charge >= 0.3 is 0 Å². The van der Waals surface area contributed by atoms with Gasteiger partial charge in [-0.1, -0.05) is 156 Å². The molecule has 0 aliphatic carbocycles. The first-order valence-electron chi connectivity index (χ1n) is 20.5. The van der Waals surface area contributed by atoms with Crippen LogP contribution in [0.15, 0.2) is 207 Å². The molecular formula is C52H34B2N4Si. The van der Waals surface area contributed by atoms with Crippen molar-refractivity contribution < 1.29 is 0 Å². The highest BCUT2D eigenvalue weighted by Gasteiger charge is 2.56. The van der Waals surface area contributed by atoms with Crippen molar-refractivity contribution in [2.75, 3.05) is 4.90 Å². The molecule has 0 fully saturated rings. The quantitative estimate of drug-likeness (QED) is 0.251. The third-order valence-electron chi connectivity index (χ3n) is 13.3. The molecule has 7 heteroatoms. The summed E-state index contributed by atoms with van der Waals surface area (Å²) in [5.41, 5.74) is 16.9. The molecule has 10 aromatic rings. The number of aromatic nitrogens is 3. The molecule has 7 aromatic carbocycles. The van der Waals surface area contributed by atoms with Gasteiger partial charge in [-0.2, -0.15) is 0 Å². The van der Waals surface area contributed by atoms with Gasteiger partial charge in [0.15, 0.2) is 8.07 Å². The van der Waals surface area contributed by atoms with Crippen molar-refractivity contribution in [1.29, 1.82) is 0 Å². The summed E-state index contributed by atoms with van der Waals surface area (Å²) >= 11 is 0. The first-order valence-corrected chi connectivity index (χ1v) is 22.5. The van der Waals surface area contributed by atoms with Crippen molar-refractivity contribution in [3.8, 4) is 5.69 Å². The number of fused-ring (bicyclic) bond motifs is 13. The van der Waals surface area contributed by atoms with Crippen molar-refractivity contribution in [3.05, 3.63) is 207 Å². The molecule has 3 aliphatic heterocycles. The second kappa shape index (κ2) is 12.4. The van der Waals surface area contributed by atoms with E-state index in [2.05, 4.69) is 204 Å². The maximum Gasteiger partial charge on any atom is 0.246 e. The molecule has 272 valence electrons. The van der Waals surface area contributed by atoms with E-state index >= 15 is 0 Å². The van der Waals surface area contributed by atoms with E-state index in [0.29, 0.717) is 0 Å². The van der Waals surface area contributed by atoms with Crippen molar-refractivity contribution in [1.82, 2.24) is 14.5 Å². The van der Waals surface area contributed by atoms with Crippen LogP contribution < -0.4 is 58.4 Å². The summed E-state index contributed by atoms with van der Waals surface area (Å²) in [6.45, 7) is 0.0995. The molecule has 13 rings (SSSR count). The van der Waals surface area contributed by atoms with Gasteiger partial charge in [-0.05, 0) is 91.7 Å². The fraction of sp³-hybridized carbons (Fsp3) is 0. The smallest absolute Gasteiger partial charge is 0.246 e. The molecule has 59 heavy (non-hydrogen) atoms. The normalized spacial score (nSPS) is 14.1. The second-order valence-electron chi connectivity index (χ2n) is 16.0. The van der Waals surface area contributed by atoms with Gasteiger partial charge in [0.05, 0.1) is 11.0 Å². The van der Waals surface area contributed by atoms with Crippen LogP contribution in [0, 0.1) is 0 Å². The lowest BCUT2D eigenvalue weighted by Gasteiger charge is -2.50. The molecule has 6 heterocycles. The van der Waals surface area contributed by atoms with Gasteiger partial charge in [-0.25, -0.2) is 0 Å². The van der Waals surface area contributed by atoms with Crippen LogP contribution >= 0.6 is 0 Å². The predicted octanol–water partition coefficient (Wildman–Crippen LogP) is 4.39. The lowest BCUT2D eigenvalue weighted by Crippen LogP contribution is -2.93. The maximum absolute atomic E-state index is 5.27. The minimum atomic E-state index is -2.94. The Bertz CT molecular complexity index is 3280. The van der Waals surface area contributed by atoms with Crippen LogP contribution in [-0.4, -0.2) is 36.0 Å². The van der Waals surface area contributed by atoms with Gasteiger partial charge < -0.3 is 9.47 Å². The highest BCUT2D eigenvalue weighted by molar-refractivity contribution is 7.31. The summed E-state index contributed by atoms with van der Waals surface area (Å²) in [6, 6.07) is 72.5. The van der Waals surface area contributed by atoms with E-state index in [1.54, 1.807) is 0 Å². The minimum absolute atomic E-state index is 0.0152. The SMILES string of the molecule is c1ccc(N2c3ccccc3B3c4ccccc4[Si]4(c5ccccc5B(c5cnc6c7ncccc7n(-c7ccccc7)c6c5)c5ccccc54)c4cccc2c43)cc1. The fourth-order valence-corrected chi connectivity index (χ4v) is 17.0. The van der Waals surface area contributed by atoms with Crippen LogP contribution in [0.4, 0.5) is 17.1 Å². The Hall–Kier alpha value is -7.21. The van der Waals surface area contributed by atoms with Gasteiger partial charge in [-0.3, -0.25) is 9.97 Å². The summed E-state index contributed by atoms with van der Waals surface area (Å²) in [7, 11) is -2.94. The van der Waals surface area contributed by atoms with E-state index in [9.17, 15) is 0 Å². The Morgan fingerprint density at radius 1 is 0.407 bits per heavy atom. The highest BCUT2D eigenvalue weighted by atomic mass is 28.3. The van der Waals surface area contributed by atoms with Gasteiger partial charge in [-0.15, -0.1) is 0 Å². The summed E-state index contributed by atoms with van der Waals surface area (Å²) in [6.07, 6.45) is 3.99. The zero-order valence-corrected chi connectivity index (χ0v) is 33.1. The Morgan fingerprint density at radius 2 is 0.949 bits per heavy atom. The average Bonchev–Trinajstić information content (AvgIpc) is 3.64. The molecule has 1 spiro atoms. The van der Waals surface area contributed by atoms with Crippen molar-refractivity contribution in [3.63, 3.8) is 0 Å². The molecule has 3 aliphatic rings. The van der Waals surface area contributed by atoms with Crippen LogP contribution in [0.5, 0.6) is 0 Å². The number of para-hydroxylation sites is 3. The summed E-state index contributed by atoms with van der Waals surface area (Å²) in [5, 5.41) is 5.88. The standard InChI is InChI=1S/C52H34B2N4Si/c1-3-17-36(18-4-1)57-42-25-11-7-21-38(42)54-41-24-10-14-30-48(41)59(49-31-15-26-43(57)50(49)54)46-28-12-8-22-39(46)53(40-23-9-13-29-47(40)59)35-33-45-52(56-34-35)51-44(27-16-32-55-51)58(45)37-19-5-2-6-20-37/h1-34H. The number of anilines is 3. The zero-order valence-electron chi connectivity index (χ0n) is 32.1. The van der Waals surface area contributed by atoms with Crippen molar-refractivity contribution in [2.45, 2.75) is 0 Å². The number of benzene rings is 7. The van der Waals surface area contributed by atoms with Crippen LogP contribution in [0.1, 0.15) is 0 Å². The number of hydrogen-bond donors (Lipinski definition) is 0. The molecule has 0 atom stereocenters.